The third kappa shape index (κ3) is 3.11. The third-order valence-electron chi connectivity index (χ3n) is 4.47. The number of amides is 4. The first-order valence-electron chi connectivity index (χ1n) is 7.69. The van der Waals surface area contributed by atoms with Crippen LogP contribution < -0.4 is 10.6 Å². The molecular formula is C14H22N4O3. The molecule has 2 aliphatic heterocycles. The SMILES string of the molecule is CC1NC(=O)CCC1NC(=O)CN1CCN(C2CC2)C1=O. The zero-order valence-corrected chi connectivity index (χ0v) is 12.3. The summed E-state index contributed by atoms with van der Waals surface area (Å²) in [6.07, 6.45) is 3.27. The Labute approximate surface area is 124 Å². The summed E-state index contributed by atoms with van der Waals surface area (Å²) in [7, 11) is 0. The standard InChI is InChI=1S/C14H22N4O3/c1-9-11(4-5-12(19)15-9)16-13(20)8-17-6-7-18(14(17)21)10-2-3-10/h9-11H,2-8H2,1H3,(H,15,19)(H,16,20). The van der Waals surface area contributed by atoms with Gasteiger partial charge in [0, 0.05) is 37.6 Å². The third-order valence-corrected chi connectivity index (χ3v) is 4.47. The van der Waals surface area contributed by atoms with Crippen LogP contribution in [0.1, 0.15) is 32.6 Å². The topological polar surface area (TPSA) is 81.8 Å². The molecule has 116 valence electrons. The lowest BCUT2D eigenvalue weighted by molar-refractivity contribution is -0.127. The van der Waals surface area contributed by atoms with E-state index in [0.717, 1.165) is 19.4 Å². The van der Waals surface area contributed by atoms with Crippen molar-refractivity contribution in [3.05, 3.63) is 0 Å². The van der Waals surface area contributed by atoms with Crippen LogP contribution in [0, 0.1) is 0 Å². The fourth-order valence-corrected chi connectivity index (χ4v) is 3.06. The minimum absolute atomic E-state index is 0.0161. The lowest BCUT2D eigenvalue weighted by Gasteiger charge is -2.30. The Kier molecular flexibility index (Phi) is 3.73. The number of urea groups is 1. The summed E-state index contributed by atoms with van der Waals surface area (Å²) in [5.41, 5.74) is 0. The zero-order chi connectivity index (χ0) is 15.0. The molecule has 2 heterocycles. The first-order chi connectivity index (χ1) is 10.0. The monoisotopic (exact) mass is 294 g/mol. The fraction of sp³-hybridized carbons (Fsp3) is 0.786. The molecule has 2 unspecified atom stereocenters. The molecule has 0 spiro atoms. The van der Waals surface area contributed by atoms with Gasteiger partial charge in [-0.15, -0.1) is 0 Å². The largest absolute Gasteiger partial charge is 0.352 e. The second kappa shape index (κ2) is 5.54. The van der Waals surface area contributed by atoms with Gasteiger partial charge < -0.3 is 20.4 Å². The van der Waals surface area contributed by atoms with Crippen LogP contribution in [0.15, 0.2) is 0 Å². The number of nitrogens with zero attached hydrogens (tertiary/aromatic N) is 2. The second-order valence-electron chi connectivity index (χ2n) is 6.20. The molecule has 3 fully saturated rings. The van der Waals surface area contributed by atoms with E-state index in [2.05, 4.69) is 10.6 Å². The van der Waals surface area contributed by atoms with E-state index in [4.69, 9.17) is 0 Å². The quantitative estimate of drug-likeness (QED) is 0.745. The average Bonchev–Trinajstić information content (AvgIpc) is 3.20. The lowest BCUT2D eigenvalue weighted by Crippen LogP contribution is -2.55. The molecule has 0 radical (unpaired) electrons. The van der Waals surface area contributed by atoms with Gasteiger partial charge in [-0.3, -0.25) is 9.59 Å². The summed E-state index contributed by atoms with van der Waals surface area (Å²) < 4.78 is 0. The van der Waals surface area contributed by atoms with E-state index >= 15 is 0 Å². The summed E-state index contributed by atoms with van der Waals surface area (Å²) in [5, 5.41) is 5.76. The molecule has 2 saturated heterocycles. The Morgan fingerprint density at radius 1 is 1.29 bits per heavy atom. The first kappa shape index (κ1) is 14.2. The molecule has 3 rings (SSSR count). The van der Waals surface area contributed by atoms with Crippen LogP contribution >= 0.6 is 0 Å². The first-order valence-corrected chi connectivity index (χ1v) is 7.69. The van der Waals surface area contributed by atoms with Crippen LogP contribution in [0.25, 0.3) is 0 Å². The molecule has 4 amide bonds. The maximum Gasteiger partial charge on any atom is 0.320 e. The molecule has 0 aromatic rings. The molecule has 3 aliphatic rings. The Morgan fingerprint density at radius 2 is 2.05 bits per heavy atom. The van der Waals surface area contributed by atoms with E-state index in [1.807, 2.05) is 11.8 Å². The van der Waals surface area contributed by atoms with Gasteiger partial charge in [-0.1, -0.05) is 0 Å². The molecule has 0 aromatic heterocycles. The van der Waals surface area contributed by atoms with Crippen LogP contribution in [0.2, 0.25) is 0 Å². The van der Waals surface area contributed by atoms with Gasteiger partial charge in [-0.2, -0.15) is 0 Å². The maximum atomic E-state index is 12.1. The molecule has 2 atom stereocenters. The molecule has 7 heteroatoms. The van der Waals surface area contributed by atoms with Crippen molar-refractivity contribution in [1.82, 2.24) is 20.4 Å². The van der Waals surface area contributed by atoms with E-state index in [9.17, 15) is 14.4 Å². The van der Waals surface area contributed by atoms with Crippen molar-refractivity contribution in [3.8, 4) is 0 Å². The fourth-order valence-electron chi connectivity index (χ4n) is 3.06. The van der Waals surface area contributed by atoms with Gasteiger partial charge in [0.15, 0.2) is 0 Å². The smallest absolute Gasteiger partial charge is 0.320 e. The number of carbonyl (C=O) groups is 3. The van der Waals surface area contributed by atoms with E-state index in [0.29, 0.717) is 25.4 Å². The molecule has 1 aliphatic carbocycles. The van der Waals surface area contributed by atoms with Crippen molar-refractivity contribution < 1.29 is 14.4 Å². The van der Waals surface area contributed by atoms with Crippen LogP contribution in [0.3, 0.4) is 0 Å². The zero-order valence-electron chi connectivity index (χ0n) is 12.3. The van der Waals surface area contributed by atoms with E-state index in [1.165, 1.54) is 0 Å². The van der Waals surface area contributed by atoms with E-state index < -0.39 is 0 Å². The maximum absolute atomic E-state index is 12.1. The minimum atomic E-state index is -0.144. The van der Waals surface area contributed by atoms with Gasteiger partial charge >= 0.3 is 6.03 Å². The van der Waals surface area contributed by atoms with Crippen LogP contribution in [-0.2, 0) is 9.59 Å². The van der Waals surface area contributed by atoms with Gasteiger partial charge in [0.05, 0.1) is 0 Å². The Bertz CT molecular complexity index is 463. The van der Waals surface area contributed by atoms with Crippen LogP contribution in [0.5, 0.6) is 0 Å². The highest BCUT2D eigenvalue weighted by Crippen LogP contribution is 2.29. The van der Waals surface area contributed by atoms with Crippen LogP contribution in [-0.4, -0.2) is 65.4 Å². The summed E-state index contributed by atoms with van der Waals surface area (Å²) in [5.74, 6) is -0.114. The Balaban J connectivity index is 1.48. The Morgan fingerprint density at radius 3 is 2.71 bits per heavy atom. The van der Waals surface area contributed by atoms with Crippen molar-refractivity contribution in [2.45, 2.75) is 50.7 Å². The normalized spacial score (nSPS) is 29.6. The van der Waals surface area contributed by atoms with Gasteiger partial charge in [-0.05, 0) is 26.2 Å². The second-order valence-corrected chi connectivity index (χ2v) is 6.20. The van der Waals surface area contributed by atoms with E-state index in [1.54, 1.807) is 4.90 Å². The molecule has 1 saturated carbocycles. The number of hydrogen-bond acceptors (Lipinski definition) is 3. The number of carbonyl (C=O) groups excluding carboxylic acids is 3. The predicted molar refractivity (Wildman–Crippen MR) is 75.5 cm³/mol. The number of piperidine rings is 1. The van der Waals surface area contributed by atoms with Gasteiger partial charge in [0.25, 0.3) is 0 Å². The Hall–Kier alpha value is -1.79. The molecule has 2 N–H and O–H groups in total. The summed E-state index contributed by atoms with van der Waals surface area (Å²) in [6.45, 7) is 3.35. The van der Waals surface area contributed by atoms with Crippen molar-refractivity contribution in [1.29, 1.82) is 0 Å². The van der Waals surface area contributed by atoms with Crippen LogP contribution in [0.4, 0.5) is 4.79 Å². The summed E-state index contributed by atoms with van der Waals surface area (Å²) in [6, 6.07) is 0.275. The number of rotatable bonds is 4. The molecule has 7 nitrogen and oxygen atoms in total. The van der Waals surface area contributed by atoms with Crippen molar-refractivity contribution in [2.24, 2.45) is 0 Å². The van der Waals surface area contributed by atoms with Crippen molar-refractivity contribution in [2.75, 3.05) is 19.6 Å². The van der Waals surface area contributed by atoms with Crippen molar-refractivity contribution in [3.63, 3.8) is 0 Å². The van der Waals surface area contributed by atoms with E-state index in [-0.39, 0.29) is 36.5 Å². The average molecular weight is 294 g/mol. The lowest BCUT2D eigenvalue weighted by atomic mass is 9.99. The molecular weight excluding hydrogens is 272 g/mol. The highest BCUT2D eigenvalue weighted by atomic mass is 16.2. The molecule has 0 aromatic carbocycles. The molecule has 0 bridgehead atoms. The molecule has 21 heavy (non-hydrogen) atoms. The minimum Gasteiger partial charge on any atom is -0.352 e. The van der Waals surface area contributed by atoms with Gasteiger partial charge in [0.1, 0.15) is 6.54 Å². The predicted octanol–water partition coefficient (Wildman–Crippen LogP) is -0.330. The highest BCUT2D eigenvalue weighted by molar-refractivity contribution is 5.86. The van der Waals surface area contributed by atoms with Gasteiger partial charge in [-0.25, -0.2) is 4.79 Å². The van der Waals surface area contributed by atoms with Gasteiger partial charge in [0.2, 0.25) is 11.8 Å². The summed E-state index contributed by atoms with van der Waals surface area (Å²) in [4.78, 5) is 39.0. The highest BCUT2D eigenvalue weighted by Gasteiger charge is 2.39. The number of hydrogen-bond donors (Lipinski definition) is 2. The summed E-state index contributed by atoms with van der Waals surface area (Å²) >= 11 is 0. The van der Waals surface area contributed by atoms with Crippen molar-refractivity contribution >= 4 is 17.8 Å². The number of nitrogens with one attached hydrogen (secondary N) is 2.